The van der Waals surface area contributed by atoms with Crippen LogP contribution in [0.1, 0.15) is 29.8 Å². The fourth-order valence-electron chi connectivity index (χ4n) is 3.25. The summed E-state index contributed by atoms with van der Waals surface area (Å²) < 4.78 is 0. The molecule has 2 aromatic rings. The van der Waals surface area contributed by atoms with Crippen LogP contribution in [0.15, 0.2) is 30.6 Å². The van der Waals surface area contributed by atoms with Gasteiger partial charge in [-0.25, -0.2) is 9.97 Å². The van der Waals surface area contributed by atoms with Crippen LogP contribution >= 0.6 is 0 Å². The Bertz CT molecular complexity index is 699. The number of aryl methyl sites for hydroxylation is 2. The number of aromatic nitrogens is 3. The van der Waals surface area contributed by atoms with E-state index in [0.29, 0.717) is 13.1 Å². The van der Waals surface area contributed by atoms with Crippen molar-refractivity contribution in [2.24, 2.45) is 5.92 Å². The van der Waals surface area contributed by atoms with Crippen molar-refractivity contribution in [1.82, 2.24) is 20.3 Å². The van der Waals surface area contributed by atoms with Gasteiger partial charge in [0.05, 0.1) is 5.92 Å². The van der Waals surface area contributed by atoms with E-state index in [1.807, 2.05) is 32.0 Å². The van der Waals surface area contributed by atoms with Gasteiger partial charge in [-0.15, -0.1) is 0 Å². The number of piperidine rings is 1. The Morgan fingerprint density at radius 2 is 1.96 bits per heavy atom. The van der Waals surface area contributed by atoms with Gasteiger partial charge in [-0.1, -0.05) is 0 Å². The number of carbonyl (C=O) groups is 1. The van der Waals surface area contributed by atoms with Gasteiger partial charge in [0, 0.05) is 43.4 Å². The van der Waals surface area contributed by atoms with Gasteiger partial charge in [0.25, 0.3) is 0 Å². The largest absolute Gasteiger partial charge is 0.355 e. The highest BCUT2D eigenvalue weighted by atomic mass is 16.1. The molecule has 0 bridgehead atoms. The van der Waals surface area contributed by atoms with Gasteiger partial charge < -0.3 is 10.2 Å². The highest BCUT2D eigenvalue weighted by Crippen LogP contribution is 2.21. The third-order valence-electron chi connectivity index (χ3n) is 4.51. The van der Waals surface area contributed by atoms with Crippen LogP contribution in [0, 0.1) is 19.8 Å². The molecule has 1 unspecified atom stereocenters. The standard InChI is InChI=1S/C19H25N5O/c1-14-12-15(2)23-19(22-14)24-11-3-4-17(13-24)18(25)21-10-7-16-5-8-20-9-6-16/h5-6,8-9,12,17H,3-4,7,10-11,13H2,1-2H3,(H,21,25). The van der Waals surface area contributed by atoms with Crippen LogP contribution in [-0.4, -0.2) is 40.5 Å². The third-order valence-corrected chi connectivity index (χ3v) is 4.51. The Kier molecular flexibility index (Phi) is 5.58. The van der Waals surface area contributed by atoms with E-state index >= 15 is 0 Å². The molecule has 1 N–H and O–H groups in total. The molecule has 0 spiro atoms. The van der Waals surface area contributed by atoms with Crippen molar-refractivity contribution in [1.29, 1.82) is 0 Å². The van der Waals surface area contributed by atoms with E-state index in [-0.39, 0.29) is 11.8 Å². The molecule has 132 valence electrons. The molecule has 6 nitrogen and oxygen atoms in total. The predicted octanol–water partition coefficient (Wildman–Crippen LogP) is 2.06. The second-order valence-corrected chi connectivity index (χ2v) is 6.63. The summed E-state index contributed by atoms with van der Waals surface area (Å²) in [5.41, 5.74) is 3.11. The average Bonchev–Trinajstić information content (AvgIpc) is 2.62. The zero-order chi connectivity index (χ0) is 17.6. The van der Waals surface area contributed by atoms with Crippen LogP contribution in [0.25, 0.3) is 0 Å². The minimum absolute atomic E-state index is 0.00407. The number of hydrogen-bond acceptors (Lipinski definition) is 5. The number of anilines is 1. The molecule has 0 aromatic carbocycles. The van der Waals surface area contributed by atoms with Gasteiger partial charge in [-0.2, -0.15) is 0 Å². The number of nitrogens with zero attached hydrogens (tertiary/aromatic N) is 4. The van der Waals surface area contributed by atoms with Crippen molar-refractivity contribution in [2.45, 2.75) is 33.1 Å². The summed E-state index contributed by atoms with van der Waals surface area (Å²) in [4.78, 5) is 27.7. The maximum absolute atomic E-state index is 12.5. The third kappa shape index (κ3) is 4.75. The van der Waals surface area contributed by atoms with Crippen LogP contribution in [-0.2, 0) is 11.2 Å². The van der Waals surface area contributed by atoms with Crippen molar-refractivity contribution in [3.8, 4) is 0 Å². The molecule has 1 aliphatic heterocycles. The zero-order valence-corrected chi connectivity index (χ0v) is 14.9. The predicted molar refractivity (Wildman–Crippen MR) is 97.4 cm³/mol. The van der Waals surface area contributed by atoms with Gasteiger partial charge >= 0.3 is 0 Å². The first kappa shape index (κ1) is 17.3. The topological polar surface area (TPSA) is 71.0 Å². The highest BCUT2D eigenvalue weighted by Gasteiger charge is 2.27. The second-order valence-electron chi connectivity index (χ2n) is 6.63. The quantitative estimate of drug-likeness (QED) is 0.903. The van der Waals surface area contributed by atoms with Crippen LogP contribution in [0.5, 0.6) is 0 Å². The van der Waals surface area contributed by atoms with Gasteiger partial charge in [0.1, 0.15) is 0 Å². The number of nitrogens with one attached hydrogen (secondary N) is 1. The lowest BCUT2D eigenvalue weighted by Gasteiger charge is -2.32. The highest BCUT2D eigenvalue weighted by molar-refractivity contribution is 5.79. The summed E-state index contributed by atoms with van der Waals surface area (Å²) in [5.74, 6) is 0.866. The lowest BCUT2D eigenvalue weighted by molar-refractivity contribution is -0.125. The molecule has 0 radical (unpaired) electrons. The van der Waals surface area contributed by atoms with E-state index in [1.54, 1.807) is 12.4 Å². The van der Waals surface area contributed by atoms with Crippen molar-refractivity contribution in [3.05, 3.63) is 47.5 Å². The number of amides is 1. The number of pyridine rings is 1. The monoisotopic (exact) mass is 339 g/mol. The first-order valence-corrected chi connectivity index (χ1v) is 8.85. The SMILES string of the molecule is Cc1cc(C)nc(N2CCCC(C(=O)NCCc3ccncc3)C2)n1. The van der Waals surface area contributed by atoms with Crippen molar-refractivity contribution in [2.75, 3.05) is 24.5 Å². The van der Waals surface area contributed by atoms with E-state index in [1.165, 1.54) is 5.56 Å². The molecule has 3 heterocycles. The smallest absolute Gasteiger partial charge is 0.225 e. The molecule has 1 aliphatic rings. The minimum atomic E-state index is -0.00407. The molecule has 2 aromatic heterocycles. The fourth-order valence-corrected chi connectivity index (χ4v) is 3.25. The van der Waals surface area contributed by atoms with E-state index < -0.39 is 0 Å². The number of hydrogen-bond donors (Lipinski definition) is 1. The average molecular weight is 339 g/mol. The number of rotatable bonds is 5. The molecular formula is C19H25N5O. The van der Waals surface area contributed by atoms with Crippen molar-refractivity contribution >= 4 is 11.9 Å². The summed E-state index contributed by atoms with van der Waals surface area (Å²) in [6.07, 6.45) is 6.28. The van der Waals surface area contributed by atoms with Crippen molar-refractivity contribution < 1.29 is 4.79 Å². The van der Waals surface area contributed by atoms with Crippen LogP contribution in [0.4, 0.5) is 5.95 Å². The Labute approximate surface area is 148 Å². The molecular weight excluding hydrogens is 314 g/mol. The Morgan fingerprint density at radius 3 is 2.68 bits per heavy atom. The van der Waals surface area contributed by atoms with Gasteiger partial charge in [-0.05, 0) is 56.9 Å². The minimum Gasteiger partial charge on any atom is -0.355 e. The van der Waals surface area contributed by atoms with Gasteiger partial charge in [0.2, 0.25) is 11.9 Å². The van der Waals surface area contributed by atoms with Crippen LogP contribution < -0.4 is 10.2 Å². The molecule has 1 amide bonds. The molecule has 0 aliphatic carbocycles. The van der Waals surface area contributed by atoms with Gasteiger partial charge in [-0.3, -0.25) is 9.78 Å². The molecule has 6 heteroatoms. The van der Waals surface area contributed by atoms with E-state index in [2.05, 4.69) is 25.2 Å². The molecule has 1 saturated heterocycles. The molecule has 1 fully saturated rings. The zero-order valence-electron chi connectivity index (χ0n) is 14.9. The lowest BCUT2D eigenvalue weighted by Crippen LogP contribution is -2.44. The van der Waals surface area contributed by atoms with E-state index in [0.717, 1.165) is 43.1 Å². The van der Waals surface area contributed by atoms with Gasteiger partial charge in [0.15, 0.2) is 0 Å². The lowest BCUT2D eigenvalue weighted by atomic mass is 9.97. The fraction of sp³-hybridized carbons (Fsp3) is 0.474. The summed E-state index contributed by atoms with van der Waals surface area (Å²) in [6, 6.07) is 5.93. The molecule has 0 saturated carbocycles. The molecule has 25 heavy (non-hydrogen) atoms. The van der Waals surface area contributed by atoms with Crippen LogP contribution in [0.2, 0.25) is 0 Å². The van der Waals surface area contributed by atoms with Crippen LogP contribution in [0.3, 0.4) is 0 Å². The first-order chi connectivity index (χ1) is 12.1. The first-order valence-electron chi connectivity index (χ1n) is 8.85. The summed E-state index contributed by atoms with van der Waals surface area (Å²) in [5, 5.41) is 3.07. The number of carbonyl (C=O) groups excluding carboxylic acids is 1. The maximum Gasteiger partial charge on any atom is 0.225 e. The second kappa shape index (κ2) is 8.05. The van der Waals surface area contributed by atoms with E-state index in [4.69, 9.17) is 0 Å². The maximum atomic E-state index is 12.5. The Hall–Kier alpha value is -2.50. The Morgan fingerprint density at radius 1 is 1.24 bits per heavy atom. The summed E-state index contributed by atoms with van der Waals surface area (Å²) in [6.45, 7) is 6.20. The normalized spacial score (nSPS) is 17.4. The van der Waals surface area contributed by atoms with Crippen molar-refractivity contribution in [3.63, 3.8) is 0 Å². The Balaban J connectivity index is 1.54. The molecule has 3 rings (SSSR count). The molecule has 1 atom stereocenters. The van der Waals surface area contributed by atoms with E-state index in [9.17, 15) is 4.79 Å². The summed E-state index contributed by atoms with van der Waals surface area (Å²) >= 11 is 0. The summed E-state index contributed by atoms with van der Waals surface area (Å²) in [7, 11) is 0.